The topological polar surface area (TPSA) is 43.8 Å². The molecule has 0 atom stereocenters. The van der Waals surface area contributed by atoms with Crippen LogP contribution in [0.15, 0.2) is 78.9 Å². The van der Waals surface area contributed by atoms with Crippen molar-refractivity contribution in [2.45, 2.75) is 6.54 Å². The minimum Gasteiger partial charge on any atom is -0.369 e. The summed E-state index contributed by atoms with van der Waals surface area (Å²) in [6.07, 6.45) is 0. The predicted molar refractivity (Wildman–Crippen MR) is 95.1 cm³/mol. The Morgan fingerprint density at radius 1 is 0.739 bits per heavy atom. The van der Waals surface area contributed by atoms with Gasteiger partial charge in [0.1, 0.15) is 0 Å². The molecule has 23 heavy (non-hydrogen) atoms. The van der Waals surface area contributed by atoms with Crippen LogP contribution in [-0.2, 0) is 6.54 Å². The summed E-state index contributed by atoms with van der Waals surface area (Å²) in [6, 6.07) is 27.0. The molecule has 3 heteroatoms. The maximum absolute atomic E-state index is 6.07. The van der Waals surface area contributed by atoms with Gasteiger partial charge in [0.25, 0.3) is 0 Å². The molecule has 4 rings (SSSR count). The Hall–Kier alpha value is -3.07. The number of nitrogens with two attached hydrogens (primary N) is 1. The normalized spacial score (nSPS) is 11.0. The van der Waals surface area contributed by atoms with E-state index < -0.39 is 0 Å². The van der Waals surface area contributed by atoms with Crippen LogP contribution < -0.4 is 5.73 Å². The molecule has 3 aromatic carbocycles. The lowest BCUT2D eigenvalue weighted by atomic mass is 10.0. The second kappa shape index (κ2) is 5.61. The molecule has 112 valence electrons. The highest BCUT2D eigenvalue weighted by Crippen LogP contribution is 2.22. The number of para-hydroxylation sites is 2. The molecule has 3 nitrogen and oxygen atoms in total. The number of imidazole rings is 1. The molecule has 0 unspecified atom stereocenters. The van der Waals surface area contributed by atoms with Gasteiger partial charge in [-0.3, -0.25) is 0 Å². The molecular weight excluding hydrogens is 282 g/mol. The largest absolute Gasteiger partial charge is 0.369 e. The van der Waals surface area contributed by atoms with Gasteiger partial charge in [0.05, 0.1) is 17.6 Å². The van der Waals surface area contributed by atoms with E-state index in [-0.39, 0.29) is 0 Å². The Kier molecular flexibility index (Phi) is 3.31. The average Bonchev–Trinajstić information content (AvgIpc) is 2.92. The smallest absolute Gasteiger partial charge is 0.201 e. The number of rotatable bonds is 3. The van der Waals surface area contributed by atoms with Gasteiger partial charge < -0.3 is 10.3 Å². The zero-order valence-corrected chi connectivity index (χ0v) is 12.7. The van der Waals surface area contributed by atoms with E-state index in [1.165, 1.54) is 16.7 Å². The Balaban J connectivity index is 1.65. The van der Waals surface area contributed by atoms with E-state index in [2.05, 4.69) is 59.6 Å². The second-order valence-corrected chi connectivity index (χ2v) is 5.61. The Morgan fingerprint density at radius 2 is 1.39 bits per heavy atom. The summed E-state index contributed by atoms with van der Waals surface area (Å²) in [7, 11) is 0. The predicted octanol–water partition coefficient (Wildman–Crippen LogP) is 4.33. The first-order valence-electron chi connectivity index (χ1n) is 7.66. The maximum atomic E-state index is 6.07. The van der Waals surface area contributed by atoms with Crippen molar-refractivity contribution in [3.8, 4) is 11.1 Å². The fourth-order valence-corrected chi connectivity index (χ4v) is 2.88. The fourth-order valence-electron chi connectivity index (χ4n) is 2.88. The van der Waals surface area contributed by atoms with Gasteiger partial charge in [0.2, 0.25) is 5.95 Å². The summed E-state index contributed by atoms with van der Waals surface area (Å²) in [5.74, 6) is 0.554. The van der Waals surface area contributed by atoms with Crippen molar-refractivity contribution in [2.24, 2.45) is 0 Å². The van der Waals surface area contributed by atoms with Gasteiger partial charge >= 0.3 is 0 Å². The van der Waals surface area contributed by atoms with Crippen LogP contribution in [0.5, 0.6) is 0 Å². The number of hydrogen-bond donors (Lipinski definition) is 1. The molecule has 0 aliphatic heterocycles. The second-order valence-electron chi connectivity index (χ2n) is 5.61. The first kappa shape index (κ1) is 13.6. The van der Waals surface area contributed by atoms with Gasteiger partial charge in [-0.2, -0.15) is 0 Å². The van der Waals surface area contributed by atoms with Crippen LogP contribution in [0.25, 0.3) is 22.2 Å². The molecule has 0 aliphatic rings. The van der Waals surface area contributed by atoms with Gasteiger partial charge in [0.15, 0.2) is 0 Å². The Morgan fingerprint density at radius 3 is 2.17 bits per heavy atom. The van der Waals surface area contributed by atoms with E-state index in [0.717, 1.165) is 17.6 Å². The van der Waals surface area contributed by atoms with Crippen LogP contribution in [0.3, 0.4) is 0 Å². The quantitative estimate of drug-likeness (QED) is 0.612. The lowest BCUT2D eigenvalue weighted by Crippen LogP contribution is -2.04. The first-order chi connectivity index (χ1) is 11.3. The standard InChI is InChI=1S/C20H17N3/c21-20-22-18-8-4-5-9-19(18)23(20)14-15-10-12-17(13-11-15)16-6-2-1-3-7-16/h1-13H,14H2,(H2,21,22). The van der Waals surface area contributed by atoms with E-state index in [4.69, 9.17) is 5.73 Å². The number of anilines is 1. The van der Waals surface area contributed by atoms with E-state index in [1.54, 1.807) is 0 Å². The molecule has 1 aromatic heterocycles. The molecule has 0 fully saturated rings. The van der Waals surface area contributed by atoms with E-state index in [1.807, 2.05) is 28.8 Å². The summed E-state index contributed by atoms with van der Waals surface area (Å²) < 4.78 is 2.05. The van der Waals surface area contributed by atoms with Crippen molar-refractivity contribution >= 4 is 17.0 Å². The number of aromatic nitrogens is 2. The fraction of sp³-hybridized carbons (Fsp3) is 0.0500. The first-order valence-corrected chi connectivity index (χ1v) is 7.66. The third kappa shape index (κ3) is 2.57. The molecule has 0 saturated heterocycles. The number of nitrogen functional groups attached to an aromatic ring is 1. The van der Waals surface area contributed by atoms with Crippen molar-refractivity contribution in [3.05, 3.63) is 84.4 Å². The highest BCUT2D eigenvalue weighted by atomic mass is 15.1. The summed E-state index contributed by atoms with van der Waals surface area (Å²) in [6.45, 7) is 0.724. The molecule has 0 amide bonds. The van der Waals surface area contributed by atoms with Gasteiger partial charge in [-0.05, 0) is 28.8 Å². The number of hydrogen-bond acceptors (Lipinski definition) is 2. The summed E-state index contributed by atoms with van der Waals surface area (Å²) >= 11 is 0. The average molecular weight is 299 g/mol. The maximum Gasteiger partial charge on any atom is 0.201 e. The van der Waals surface area contributed by atoms with E-state index in [0.29, 0.717) is 5.95 Å². The lowest BCUT2D eigenvalue weighted by Gasteiger charge is -2.08. The van der Waals surface area contributed by atoms with Gasteiger partial charge in [0, 0.05) is 0 Å². The minimum atomic E-state index is 0.554. The minimum absolute atomic E-state index is 0.554. The highest BCUT2D eigenvalue weighted by Gasteiger charge is 2.08. The Labute approximate surface area is 135 Å². The van der Waals surface area contributed by atoms with Gasteiger partial charge in [-0.1, -0.05) is 66.7 Å². The SMILES string of the molecule is Nc1nc2ccccc2n1Cc1ccc(-c2ccccc2)cc1. The van der Waals surface area contributed by atoms with Crippen molar-refractivity contribution in [1.29, 1.82) is 0 Å². The molecule has 0 saturated carbocycles. The van der Waals surface area contributed by atoms with Crippen LogP contribution >= 0.6 is 0 Å². The Bertz CT molecular complexity index is 938. The van der Waals surface area contributed by atoms with E-state index in [9.17, 15) is 0 Å². The lowest BCUT2D eigenvalue weighted by molar-refractivity contribution is 0.838. The molecule has 0 spiro atoms. The third-order valence-corrected chi connectivity index (χ3v) is 4.09. The van der Waals surface area contributed by atoms with Crippen LogP contribution in [0.2, 0.25) is 0 Å². The highest BCUT2D eigenvalue weighted by molar-refractivity contribution is 5.78. The van der Waals surface area contributed by atoms with Crippen molar-refractivity contribution in [2.75, 3.05) is 5.73 Å². The van der Waals surface area contributed by atoms with Crippen molar-refractivity contribution in [1.82, 2.24) is 9.55 Å². The summed E-state index contributed by atoms with van der Waals surface area (Å²) in [4.78, 5) is 4.42. The molecule has 1 heterocycles. The number of fused-ring (bicyclic) bond motifs is 1. The third-order valence-electron chi connectivity index (χ3n) is 4.09. The molecule has 4 aromatic rings. The summed E-state index contributed by atoms with van der Waals surface area (Å²) in [5.41, 5.74) is 11.7. The number of benzene rings is 3. The molecule has 0 bridgehead atoms. The van der Waals surface area contributed by atoms with Crippen LogP contribution in [0, 0.1) is 0 Å². The van der Waals surface area contributed by atoms with Crippen molar-refractivity contribution < 1.29 is 0 Å². The van der Waals surface area contributed by atoms with Gasteiger partial charge in [-0.15, -0.1) is 0 Å². The molecule has 0 aliphatic carbocycles. The van der Waals surface area contributed by atoms with Gasteiger partial charge in [-0.25, -0.2) is 4.98 Å². The van der Waals surface area contributed by atoms with Crippen LogP contribution in [-0.4, -0.2) is 9.55 Å². The molecule has 0 radical (unpaired) electrons. The monoisotopic (exact) mass is 299 g/mol. The zero-order chi connectivity index (χ0) is 15.6. The van der Waals surface area contributed by atoms with E-state index >= 15 is 0 Å². The number of nitrogens with zero attached hydrogens (tertiary/aromatic N) is 2. The van der Waals surface area contributed by atoms with Crippen LogP contribution in [0.4, 0.5) is 5.95 Å². The zero-order valence-electron chi connectivity index (χ0n) is 12.7. The summed E-state index contributed by atoms with van der Waals surface area (Å²) in [5, 5.41) is 0. The molecule has 2 N–H and O–H groups in total. The van der Waals surface area contributed by atoms with Crippen LogP contribution in [0.1, 0.15) is 5.56 Å². The van der Waals surface area contributed by atoms with Crippen molar-refractivity contribution in [3.63, 3.8) is 0 Å². The molecular formula is C20H17N3.